The first kappa shape index (κ1) is 12.1. The van der Waals surface area contributed by atoms with Crippen molar-refractivity contribution in [1.82, 2.24) is 9.55 Å². The van der Waals surface area contributed by atoms with Crippen LogP contribution in [0.25, 0.3) is 10.9 Å². The van der Waals surface area contributed by atoms with Crippen LogP contribution in [0, 0.1) is 0 Å². The van der Waals surface area contributed by atoms with Crippen molar-refractivity contribution >= 4 is 10.9 Å². The van der Waals surface area contributed by atoms with Gasteiger partial charge in [0.1, 0.15) is 0 Å². The highest BCUT2D eigenvalue weighted by Gasteiger charge is 2.41. The van der Waals surface area contributed by atoms with Crippen LogP contribution in [-0.4, -0.2) is 9.55 Å². The van der Waals surface area contributed by atoms with Crippen LogP contribution in [-0.2, 0) is 0 Å². The number of aromatic amines is 1. The lowest BCUT2D eigenvalue weighted by Crippen LogP contribution is -2.34. The number of nitrogens with one attached hydrogen (secondary N) is 1. The summed E-state index contributed by atoms with van der Waals surface area (Å²) in [6.07, 6.45) is 0.839. The molecule has 0 bridgehead atoms. The van der Waals surface area contributed by atoms with Gasteiger partial charge in [-0.15, -0.1) is 0 Å². The molecule has 21 heavy (non-hydrogen) atoms. The smallest absolute Gasteiger partial charge is 0.307 e. The minimum Gasteiger partial charge on any atom is -0.307 e. The third kappa shape index (κ3) is 1.91. The highest BCUT2D eigenvalue weighted by Crippen LogP contribution is 2.49. The van der Waals surface area contributed by atoms with Gasteiger partial charge in [0.25, 0.3) is 5.56 Å². The third-order valence-corrected chi connectivity index (χ3v) is 4.15. The Kier molecular flexibility index (Phi) is 2.57. The first-order valence-electron chi connectivity index (χ1n) is 7.04. The van der Waals surface area contributed by atoms with Gasteiger partial charge < -0.3 is 4.98 Å². The van der Waals surface area contributed by atoms with E-state index in [0.29, 0.717) is 10.9 Å². The Morgan fingerprint density at radius 1 is 0.952 bits per heavy atom. The van der Waals surface area contributed by atoms with E-state index in [-0.39, 0.29) is 23.2 Å². The summed E-state index contributed by atoms with van der Waals surface area (Å²) in [5.74, 6) is 0.256. The van der Waals surface area contributed by atoms with Crippen LogP contribution in [0.15, 0.2) is 64.2 Å². The van der Waals surface area contributed by atoms with E-state index in [2.05, 4.69) is 4.98 Å². The van der Waals surface area contributed by atoms with E-state index in [4.69, 9.17) is 0 Å². The van der Waals surface area contributed by atoms with E-state index in [1.54, 1.807) is 12.1 Å². The van der Waals surface area contributed by atoms with Crippen molar-refractivity contribution in [2.75, 3.05) is 0 Å². The summed E-state index contributed by atoms with van der Waals surface area (Å²) in [6.45, 7) is 0. The summed E-state index contributed by atoms with van der Waals surface area (Å²) in [5, 5.41) is 0.566. The van der Waals surface area contributed by atoms with Gasteiger partial charge in [-0.05, 0) is 24.1 Å². The average molecular weight is 278 g/mol. The fourth-order valence-electron chi connectivity index (χ4n) is 3.00. The number of para-hydroxylation sites is 1. The first-order chi connectivity index (χ1) is 10.3. The molecule has 2 aromatic carbocycles. The third-order valence-electron chi connectivity index (χ3n) is 4.15. The van der Waals surface area contributed by atoms with Crippen molar-refractivity contribution in [3.8, 4) is 0 Å². The number of hydrogen-bond acceptors (Lipinski definition) is 2. The molecule has 4 rings (SSSR count). The Balaban J connectivity index is 1.83. The van der Waals surface area contributed by atoms with Crippen LogP contribution in [0.4, 0.5) is 0 Å². The molecule has 1 fully saturated rings. The molecule has 1 aliphatic rings. The molecule has 1 saturated carbocycles. The first-order valence-corrected chi connectivity index (χ1v) is 7.04. The maximum Gasteiger partial charge on any atom is 0.329 e. The topological polar surface area (TPSA) is 54.9 Å². The molecule has 4 nitrogen and oxygen atoms in total. The quantitative estimate of drug-likeness (QED) is 0.782. The molecule has 0 radical (unpaired) electrons. The molecule has 0 saturated heterocycles. The average Bonchev–Trinajstić information content (AvgIpc) is 3.28. The van der Waals surface area contributed by atoms with Gasteiger partial charge in [0, 0.05) is 12.0 Å². The van der Waals surface area contributed by atoms with Crippen LogP contribution in [0.5, 0.6) is 0 Å². The van der Waals surface area contributed by atoms with Crippen molar-refractivity contribution in [3.63, 3.8) is 0 Å². The van der Waals surface area contributed by atoms with E-state index in [9.17, 15) is 9.59 Å². The molecule has 104 valence electrons. The second kappa shape index (κ2) is 4.45. The zero-order valence-electron chi connectivity index (χ0n) is 11.3. The number of aromatic nitrogens is 2. The Morgan fingerprint density at radius 3 is 2.48 bits per heavy atom. The normalized spacial score (nSPS) is 20.6. The highest BCUT2D eigenvalue weighted by molar-refractivity contribution is 5.76. The van der Waals surface area contributed by atoms with Crippen LogP contribution >= 0.6 is 0 Å². The molecular formula is C17H14N2O2. The van der Waals surface area contributed by atoms with Gasteiger partial charge in [-0.25, -0.2) is 4.79 Å². The lowest BCUT2D eigenvalue weighted by molar-refractivity contribution is 0.648. The zero-order valence-corrected chi connectivity index (χ0v) is 11.3. The highest BCUT2D eigenvalue weighted by atomic mass is 16.2. The molecular weight excluding hydrogens is 264 g/mol. The lowest BCUT2D eigenvalue weighted by atomic mass is 10.1. The van der Waals surface area contributed by atoms with E-state index in [1.165, 1.54) is 10.1 Å². The van der Waals surface area contributed by atoms with Gasteiger partial charge in [-0.2, -0.15) is 0 Å². The zero-order chi connectivity index (χ0) is 14.4. The molecule has 1 heterocycles. The van der Waals surface area contributed by atoms with E-state index < -0.39 is 0 Å². The van der Waals surface area contributed by atoms with Gasteiger partial charge in [0.15, 0.2) is 0 Å². The summed E-state index contributed by atoms with van der Waals surface area (Å²) in [6, 6.07) is 17.1. The number of nitrogens with zero attached hydrogens (tertiary/aromatic N) is 1. The predicted molar refractivity (Wildman–Crippen MR) is 81.7 cm³/mol. The lowest BCUT2D eigenvalue weighted by Gasteiger charge is -2.06. The summed E-state index contributed by atoms with van der Waals surface area (Å²) < 4.78 is 1.38. The largest absolute Gasteiger partial charge is 0.329 e. The monoisotopic (exact) mass is 278 g/mol. The second-order valence-electron chi connectivity index (χ2n) is 5.47. The molecule has 4 heteroatoms. The van der Waals surface area contributed by atoms with E-state index >= 15 is 0 Å². The fraction of sp³-hybridized carbons (Fsp3) is 0.176. The fourth-order valence-corrected chi connectivity index (χ4v) is 3.00. The molecule has 3 aromatic rings. The van der Waals surface area contributed by atoms with Gasteiger partial charge in [0.2, 0.25) is 0 Å². The van der Waals surface area contributed by atoms with Crippen molar-refractivity contribution in [2.45, 2.75) is 18.4 Å². The molecule has 1 aromatic heterocycles. The summed E-state index contributed by atoms with van der Waals surface area (Å²) >= 11 is 0. The van der Waals surface area contributed by atoms with Gasteiger partial charge in [0.05, 0.1) is 10.9 Å². The van der Waals surface area contributed by atoms with Gasteiger partial charge >= 0.3 is 5.69 Å². The minimum absolute atomic E-state index is 0.0340. The SMILES string of the molecule is O=c1[nH]c2ccccc2c(=O)n1[C@@H]1C[C@@H]1c1ccccc1. The molecule has 0 unspecified atom stereocenters. The van der Waals surface area contributed by atoms with Gasteiger partial charge in [-0.3, -0.25) is 9.36 Å². The van der Waals surface area contributed by atoms with E-state index in [1.807, 2.05) is 42.5 Å². The number of benzene rings is 2. The Labute approximate surface area is 120 Å². The molecule has 1 N–H and O–H groups in total. The van der Waals surface area contributed by atoms with Crippen molar-refractivity contribution in [2.24, 2.45) is 0 Å². The predicted octanol–water partition coefficient (Wildman–Crippen LogP) is 2.42. The van der Waals surface area contributed by atoms with Crippen molar-refractivity contribution < 1.29 is 0 Å². The summed E-state index contributed by atoms with van der Waals surface area (Å²) in [5.41, 5.74) is 1.27. The molecule has 1 aliphatic carbocycles. The number of H-pyrrole nitrogens is 1. The van der Waals surface area contributed by atoms with Crippen LogP contribution < -0.4 is 11.2 Å². The second-order valence-corrected chi connectivity index (χ2v) is 5.47. The van der Waals surface area contributed by atoms with Crippen LogP contribution in [0.3, 0.4) is 0 Å². The molecule has 2 atom stereocenters. The Bertz CT molecular complexity index is 925. The van der Waals surface area contributed by atoms with Crippen LogP contribution in [0.1, 0.15) is 23.9 Å². The summed E-state index contributed by atoms with van der Waals surface area (Å²) in [7, 11) is 0. The maximum atomic E-state index is 12.6. The number of hydrogen-bond donors (Lipinski definition) is 1. The summed E-state index contributed by atoms with van der Waals surface area (Å²) in [4.78, 5) is 27.6. The molecule has 0 amide bonds. The molecule has 0 aliphatic heterocycles. The number of rotatable bonds is 2. The standard InChI is InChI=1S/C17H14N2O2/c20-16-12-8-4-5-9-14(12)18-17(21)19(16)15-10-13(15)11-6-2-1-3-7-11/h1-9,13,15H,10H2,(H,18,21)/t13-,15-/m1/s1. The van der Waals surface area contributed by atoms with E-state index in [0.717, 1.165) is 6.42 Å². The van der Waals surface area contributed by atoms with Crippen LogP contribution in [0.2, 0.25) is 0 Å². The Morgan fingerprint density at radius 2 is 1.67 bits per heavy atom. The minimum atomic E-state index is -0.317. The van der Waals surface area contributed by atoms with Gasteiger partial charge in [-0.1, -0.05) is 42.5 Å². The molecule has 0 spiro atoms. The number of fused-ring (bicyclic) bond motifs is 1. The maximum absolute atomic E-state index is 12.6. The Hall–Kier alpha value is -2.62. The van der Waals surface area contributed by atoms with Crippen molar-refractivity contribution in [3.05, 3.63) is 81.0 Å². The van der Waals surface area contributed by atoms with Crippen molar-refractivity contribution in [1.29, 1.82) is 0 Å².